The van der Waals surface area contributed by atoms with Crippen LogP contribution >= 0.6 is 0 Å². The number of aliphatic carboxylic acids is 4. The summed E-state index contributed by atoms with van der Waals surface area (Å²) in [5.74, 6) is -10.1. The van der Waals surface area contributed by atoms with Gasteiger partial charge in [0.2, 0.25) is 0 Å². The summed E-state index contributed by atoms with van der Waals surface area (Å²) in [5.41, 5.74) is -8.04. The Balaban J connectivity index is 1.82. The highest BCUT2D eigenvalue weighted by molar-refractivity contribution is 6.15. The van der Waals surface area contributed by atoms with Gasteiger partial charge >= 0.3 is 23.9 Å². The zero-order valence-corrected chi connectivity index (χ0v) is 17.7. The quantitative estimate of drug-likeness (QED) is 0.214. The molecule has 4 heterocycles. The van der Waals surface area contributed by atoms with E-state index in [1.165, 1.54) is 0 Å². The second-order valence-corrected chi connectivity index (χ2v) is 9.85. The van der Waals surface area contributed by atoms with Crippen LogP contribution in [0.1, 0.15) is 25.7 Å². The summed E-state index contributed by atoms with van der Waals surface area (Å²) in [5, 5.41) is 42.0. The second kappa shape index (κ2) is 7.36. The summed E-state index contributed by atoms with van der Waals surface area (Å²) in [6, 6.07) is 0. The third-order valence-corrected chi connectivity index (χ3v) is 8.23. The Bertz CT molecular complexity index is 840. The molecule has 0 bridgehead atoms. The van der Waals surface area contributed by atoms with Crippen LogP contribution < -0.4 is 0 Å². The van der Waals surface area contributed by atoms with Gasteiger partial charge in [-0.15, -0.1) is 0 Å². The maximum absolute atomic E-state index is 13.1. The Hall–Kier alpha value is -2.28. The highest BCUT2D eigenvalue weighted by atomic mass is 16.6. The molecule has 5 aliphatic rings. The van der Waals surface area contributed by atoms with Crippen molar-refractivity contribution in [2.45, 2.75) is 50.1 Å². The van der Waals surface area contributed by atoms with Gasteiger partial charge in [0.05, 0.1) is 50.8 Å². The maximum Gasteiger partial charge on any atom is 0.323 e. The summed E-state index contributed by atoms with van der Waals surface area (Å²) in [6.07, 6.45) is -1.85. The van der Waals surface area contributed by atoms with E-state index in [2.05, 4.69) is 0 Å². The molecule has 0 aromatic rings. The number of hydrogen-bond acceptors (Lipinski definition) is 8. The smallest absolute Gasteiger partial charge is 0.323 e. The van der Waals surface area contributed by atoms with E-state index in [-0.39, 0.29) is 51.6 Å². The lowest BCUT2D eigenvalue weighted by atomic mass is 9.51. The van der Waals surface area contributed by atoms with E-state index >= 15 is 0 Å². The zero-order chi connectivity index (χ0) is 23.8. The highest BCUT2D eigenvalue weighted by Crippen LogP contribution is 2.75. The minimum Gasteiger partial charge on any atom is -0.480 e. The van der Waals surface area contributed by atoms with Gasteiger partial charge in [-0.2, -0.15) is 0 Å². The van der Waals surface area contributed by atoms with Crippen molar-refractivity contribution in [2.75, 3.05) is 26.4 Å². The zero-order valence-electron chi connectivity index (χ0n) is 17.7. The lowest BCUT2D eigenvalue weighted by Gasteiger charge is -2.46. The van der Waals surface area contributed by atoms with Gasteiger partial charge in [0, 0.05) is 5.41 Å². The van der Waals surface area contributed by atoms with Crippen LogP contribution in [-0.4, -0.2) is 95.1 Å². The van der Waals surface area contributed by atoms with Gasteiger partial charge in [-0.25, -0.2) is 0 Å². The number of hydrogen-bond donors (Lipinski definition) is 4. The van der Waals surface area contributed by atoms with Gasteiger partial charge in [0.1, 0.15) is 0 Å². The summed E-state index contributed by atoms with van der Waals surface area (Å²) in [4.78, 5) is 51.9. The molecule has 4 aliphatic heterocycles. The Morgan fingerprint density at radius 3 is 1.27 bits per heavy atom. The Kier molecular flexibility index (Phi) is 5.02. The molecule has 0 radical (unpaired) electrons. The largest absolute Gasteiger partial charge is 0.480 e. The number of epoxide rings is 4. The summed E-state index contributed by atoms with van der Waals surface area (Å²) in [6.45, 7) is 1.16. The van der Waals surface area contributed by atoms with Crippen molar-refractivity contribution < 1.29 is 58.6 Å². The first-order valence-corrected chi connectivity index (χ1v) is 11.0. The van der Waals surface area contributed by atoms with Crippen molar-refractivity contribution in [1.82, 2.24) is 0 Å². The molecule has 182 valence electrons. The molecule has 5 rings (SSSR count). The Morgan fingerprint density at radius 1 is 0.606 bits per heavy atom. The van der Waals surface area contributed by atoms with Crippen LogP contribution in [-0.2, 0) is 38.1 Å². The van der Waals surface area contributed by atoms with Crippen molar-refractivity contribution in [3.05, 3.63) is 0 Å². The van der Waals surface area contributed by atoms with E-state index in [4.69, 9.17) is 18.9 Å². The number of rotatable bonds is 12. The normalized spacial score (nSPS) is 41.2. The Morgan fingerprint density at radius 2 is 0.970 bits per heavy atom. The van der Waals surface area contributed by atoms with E-state index in [1.807, 2.05) is 0 Å². The predicted molar refractivity (Wildman–Crippen MR) is 102 cm³/mol. The van der Waals surface area contributed by atoms with Gasteiger partial charge in [-0.05, 0) is 37.5 Å². The topological polar surface area (TPSA) is 199 Å². The molecule has 1 aliphatic carbocycles. The van der Waals surface area contributed by atoms with Crippen LogP contribution in [0.4, 0.5) is 0 Å². The first-order valence-electron chi connectivity index (χ1n) is 11.0. The van der Waals surface area contributed by atoms with Crippen LogP contribution in [0.3, 0.4) is 0 Å². The average molecular weight is 470 g/mol. The SMILES string of the molecule is O=C(O)C1(C(=O)O)C(CC2CO2)C(CC2CO2)C(CC2CO2)(CC2CO2)C1(C(=O)O)C(=O)O. The van der Waals surface area contributed by atoms with Crippen LogP contribution in [0.5, 0.6) is 0 Å². The third-order valence-electron chi connectivity index (χ3n) is 8.23. The maximum atomic E-state index is 13.1. The van der Waals surface area contributed by atoms with Crippen LogP contribution in [0.2, 0.25) is 0 Å². The summed E-state index contributed by atoms with van der Waals surface area (Å²) in [7, 11) is 0. The van der Waals surface area contributed by atoms with Crippen molar-refractivity contribution in [3.63, 3.8) is 0 Å². The molecule has 33 heavy (non-hydrogen) atoms. The summed E-state index contributed by atoms with van der Waals surface area (Å²) >= 11 is 0. The van der Waals surface area contributed by atoms with E-state index in [0.717, 1.165) is 0 Å². The van der Waals surface area contributed by atoms with Crippen LogP contribution in [0.25, 0.3) is 0 Å². The van der Waals surface area contributed by atoms with Crippen molar-refractivity contribution in [3.8, 4) is 0 Å². The minimum atomic E-state index is -3.16. The monoisotopic (exact) mass is 470 g/mol. The molecule has 0 spiro atoms. The molecule has 0 aromatic heterocycles. The lowest BCUT2D eigenvalue weighted by molar-refractivity contribution is -0.205. The number of carboxylic acids is 4. The molecule has 0 aromatic carbocycles. The van der Waals surface area contributed by atoms with Crippen molar-refractivity contribution in [1.29, 1.82) is 0 Å². The summed E-state index contributed by atoms with van der Waals surface area (Å²) < 4.78 is 21.4. The van der Waals surface area contributed by atoms with Crippen molar-refractivity contribution in [2.24, 2.45) is 28.1 Å². The Labute approximate surface area is 187 Å². The highest BCUT2D eigenvalue weighted by Gasteiger charge is 2.89. The molecular formula is C21H26O12. The number of carbonyl (C=O) groups is 4. The molecular weight excluding hydrogens is 444 g/mol. The fourth-order valence-corrected chi connectivity index (χ4v) is 6.80. The molecule has 6 atom stereocenters. The molecule has 1 saturated carbocycles. The molecule has 12 heteroatoms. The molecule has 6 unspecified atom stereocenters. The van der Waals surface area contributed by atoms with Gasteiger partial charge in [0.15, 0.2) is 10.8 Å². The van der Waals surface area contributed by atoms with Gasteiger partial charge in [-0.1, -0.05) is 0 Å². The molecule has 5 fully saturated rings. The predicted octanol–water partition coefficient (Wildman–Crippen LogP) is -0.314. The molecule has 0 amide bonds. The van der Waals surface area contributed by atoms with Gasteiger partial charge in [-0.3, -0.25) is 19.2 Å². The van der Waals surface area contributed by atoms with E-state index < -0.39 is 70.3 Å². The number of ether oxygens (including phenoxy) is 4. The first kappa shape index (κ1) is 22.5. The third kappa shape index (κ3) is 3.11. The van der Waals surface area contributed by atoms with Gasteiger partial charge < -0.3 is 39.4 Å². The van der Waals surface area contributed by atoms with Crippen LogP contribution in [0, 0.1) is 28.1 Å². The lowest BCUT2D eigenvalue weighted by Crippen LogP contribution is -2.66. The molecule has 12 nitrogen and oxygen atoms in total. The van der Waals surface area contributed by atoms with Crippen molar-refractivity contribution >= 4 is 23.9 Å². The van der Waals surface area contributed by atoms with Crippen LogP contribution in [0.15, 0.2) is 0 Å². The molecule has 4 saturated heterocycles. The fourth-order valence-electron chi connectivity index (χ4n) is 6.80. The molecule has 4 N–H and O–H groups in total. The minimum absolute atomic E-state index is 0.0723. The second-order valence-electron chi connectivity index (χ2n) is 9.85. The number of carboxylic acid groups (broad SMARTS) is 4. The van der Waals surface area contributed by atoms with E-state index in [0.29, 0.717) is 6.61 Å². The standard InChI is InChI=1S/C21H26O12/c22-15(23)20(16(24)25)14(2-10-6-31-10)13(1-9-5-30-9)19(3-11-7-32-11,4-12-8-33-12)21(20,17(26)27)18(28)29/h9-14H,1-8H2,(H,22,23)(H,24,25)(H,26,27)(H,28,29). The van der Waals surface area contributed by atoms with Gasteiger partial charge in [0.25, 0.3) is 0 Å². The average Bonchev–Trinajstić information content (AvgIpc) is 3.55. The van der Waals surface area contributed by atoms with E-state index in [1.54, 1.807) is 0 Å². The van der Waals surface area contributed by atoms with E-state index in [9.17, 15) is 39.6 Å². The fraction of sp³-hybridized carbons (Fsp3) is 0.810. The first-order chi connectivity index (χ1) is 15.6.